The van der Waals surface area contributed by atoms with Crippen molar-refractivity contribution in [2.45, 2.75) is 0 Å². The summed E-state index contributed by atoms with van der Waals surface area (Å²) >= 11 is 0. The first-order valence-corrected chi connectivity index (χ1v) is 14.6. The van der Waals surface area contributed by atoms with Gasteiger partial charge in [-0.15, -0.1) is 0 Å². The zero-order chi connectivity index (χ0) is 25.5. The lowest BCUT2D eigenvalue weighted by Crippen LogP contribution is -2.24. The maximum Gasteiger partial charge on any atom is 0.171 e. The Morgan fingerprint density at radius 3 is 1.18 bits per heavy atom. The largest absolute Gasteiger partial charge is 0.309 e. The van der Waals surface area contributed by atoms with Gasteiger partial charge in [0, 0.05) is 15.9 Å². The Bertz CT molecular complexity index is 1900. The molecule has 0 saturated carbocycles. The Balaban J connectivity index is 1.38. The Labute approximate surface area is 222 Å². The van der Waals surface area contributed by atoms with Crippen LogP contribution in [0.25, 0.3) is 43.4 Å². The molecule has 0 aliphatic carbocycles. The molecular formula is C36H25OP. The molecule has 7 aromatic rings. The highest BCUT2D eigenvalue weighted by Gasteiger charge is 2.29. The van der Waals surface area contributed by atoms with E-state index in [0.717, 1.165) is 27.0 Å². The smallest absolute Gasteiger partial charge is 0.171 e. The molecule has 0 radical (unpaired) electrons. The van der Waals surface area contributed by atoms with Gasteiger partial charge >= 0.3 is 0 Å². The van der Waals surface area contributed by atoms with E-state index in [0.29, 0.717) is 0 Å². The molecule has 0 aliphatic rings. The lowest BCUT2D eigenvalue weighted by Gasteiger charge is -2.20. The van der Waals surface area contributed by atoms with Gasteiger partial charge in [0.25, 0.3) is 0 Å². The fourth-order valence-corrected chi connectivity index (χ4v) is 8.32. The highest BCUT2D eigenvalue weighted by atomic mass is 31.2. The van der Waals surface area contributed by atoms with Crippen LogP contribution in [0.3, 0.4) is 0 Å². The molecule has 0 spiro atoms. The van der Waals surface area contributed by atoms with Gasteiger partial charge in [-0.2, -0.15) is 0 Å². The van der Waals surface area contributed by atoms with Crippen molar-refractivity contribution < 1.29 is 4.57 Å². The second-order valence-electron chi connectivity index (χ2n) is 9.68. The standard InChI is InChI=1S/C36H25OP/c37-38(28-11-3-1-4-12-28,29-13-5-2-6-14-29)30-22-19-26(20-23-30)27-21-24-35-33-17-8-7-15-31(33)32-16-9-10-18-34(32)36(35)25-27/h1-25H. The summed E-state index contributed by atoms with van der Waals surface area (Å²) in [6, 6.07) is 52.0. The Hall–Kier alpha value is -4.45. The van der Waals surface area contributed by atoms with Crippen molar-refractivity contribution in [2.24, 2.45) is 0 Å². The molecule has 0 aromatic heterocycles. The van der Waals surface area contributed by atoms with E-state index in [-0.39, 0.29) is 0 Å². The molecule has 0 unspecified atom stereocenters. The van der Waals surface area contributed by atoms with Gasteiger partial charge in [-0.3, -0.25) is 0 Å². The van der Waals surface area contributed by atoms with Crippen molar-refractivity contribution in [3.8, 4) is 11.1 Å². The Morgan fingerprint density at radius 2 is 0.684 bits per heavy atom. The normalized spacial score (nSPS) is 11.8. The van der Waals surface area contributed by atoms with Crippen LogP contribution in [0, 0.1) is 0 Å². The number of benzene rings is 7. The van der Waals surface area contributed by atoms with Crippen LogP contribution >= 0.6 is 7.14 Å². The zero-order valence-electron chi connectivity index (χ0n) is 20.8. The van der Waals surface area contributed by atoms with Crippen molar-refractivity contribution in [2.75, 3.05) is 0 Å². The van der Waals surface area contributed by atoms with Crippen molar-refractivity contribution in [1.29, 1.82) is 0 Å². The number of hydrogen-bond donors (Lipinski definition) is 0. The van der Waals surface area contributed by atoms with Crippen molar-refractivity contribution in [3.63, 3.8) is 0 Å². The van der Waals surface area contributed by atoms with Gasteiger partial charge in [-0.25, -0.2) is 0 Å². The van der Waals surface area contributed by atoms with Crippen molar-refractivity contribution >= 4 is 55.4 Å². The van der Waals surface area contributed by atoms with Gasteiger partial charge in [-0.05, 0) is 49.5 Å². The molecule has 0 saturated heterocycles. The van der Waals surface area contributed by atoms with E-state index in [1.807, 2.05) is 72.8 Å². The van der Waals surface area contributed by atoms with E-state index in [9.17, 15) is 4.57 Å². The van der Waals surface area contributed by atoms with E-state index in [1.165, 1.54) is 32.3 Å². The predicted molar refractivity (Wildman–Crippen MR) is 164 cm³/mol. The number of hydrogen-bond acceptors (Lipinski definition) is 1. The van der Waals surface area contributed by atoms with Crippen LogP contribution in [-0.2, 0) is 4.57 Å². The van der Waals surface area contributed by atoms with Gasteiger partial charge in [-0.1, -0.05) is 146 Å². The highest BCUT2D eigenvalue weighted by Crippen LogP contribution is 2.43. The molecule has 180 valence electrons. The van der Waals surface area contributed by atoms with Crippen LogP contribution in [0.5, 0.6) is 0 Å². The molecule has 2 heteroatoms. The Kier molecular flexibility index (Phi) is 5.46. The number of rotatable bonds is 4. The van der Waals surface area contributed by atoms with E-state index in [1.54, 1.807) is 0 Å². The molecule has 7 aromatic carbocycles. The topological polar surface area (TPSA) is 17.1 Å². The van der Waals surface area contributed by atoms with Gasteiger partial charge in [0.2, 0.25) is 0 Å². The van der Waals surface area contributed by atoms with E-state index in [2.05, 4.69) is 78.9 Å². The quantitative estimate of drug-likeness (QED) is 0.174. The summed E-state index contributed by atoms with van der Waals surface area (Å²) < 4.78 is 14.7. The molecule has 0 fully saturated rings. The molecule has 7 rings (SSSR count). The van der Waals surface area contributed by atoms with Crippen LogP contribution < -0.4 is 15.9 Å². The summed E-state index contributed by atoms with van der Waals surface area (Å²) in [5, 5.41) is 10.1. The first kappa shape index (κ1) is 22.7. The molecule has 1 nitrogen and oxygen atoms in total. The molecule has 0 N–H and O–H groups in total. The van der Waals surface area contributed by atoms with E-state index in [4.69, 9.17) is 0 Å². The molecule has 0 atom stereocenters. The number of fused-ring (bicyclic) bond motifs is 6. The summed E-state index contributed by atoms with van der Waals surface area (Å²) in [6.45, 7) is 0. The monoisotopic (exact) mass is 504 g/mol. The first-order valence-electron chi connectivity index (χ1n) is 12.9. The van der Waals surface area contributed by atoms with Crippen LogP contribution in [0.4, 0.5) is 0 Å². The third-order valence-electron chi connectivity index (χ3n) is 7.55. The van der Waals surface area contributed by atoms with Gasteiger partial charge in [0.1, 0.15) is 0 Å². The minimum Gasteiger partial charge on any atom is -0.309 e. The summed E-state index contributed by atoms with van der Waals surface area (Å²) in [5.74, 6) is 0. The second kappa shape index (κ2) is 9.14. The Morgan fingerprint density at radius 1 is 0.316 bits per heavy atom. The zero-order valence-corrected chi connectivity index (χ0v) is 21.7. The fourth-order valence-electron chi connectivity index (χ4n) is 5.67. The van der Waals surface area contributed by atoms with Gasteiger partial charge < -0.3 is 4.57 Å². The lowest BCUT2D eigenvalue weighted by molar-refractivity contribution is 0.592. The van der Waals surface area contributed by atoms with Gasteiger partial charge in [0.05, 0.1) is 0 Å². The van der Waals surface area contributed by atoms with Crippen LogP contribution in [0.2, 0.25) is 0 Å². The molecule has 0 bridgehead atoms. The lowest BCUT2D eigenvalue weighted by atomic mass is 9.92. The first-order chi connectivity index (χ1) is 18.7. The average Bonchev–Trinajstić information content (AvgIpc) is 3.01. The minimum absolute atomic E-state index is 0.843. The maximum absolute atomic E-state index is 14.7. The molecule has 38 heavy (non-hydrogen) atoms. The fraction of sp³-hybridized carbons (Fsp3) is 0. The SMILES string of the molecule is O=P(c1ccccc1)(c1ccccc1)c1ccc(-c2ccc3c4ccccc4c4ccccc4c3c2)cc1. The molecule has 0 heterocycles. The summed E-state index contributed by atoms with van der Waals surface area (Å²) in [7, 11) is -2.99. The van der Waals surface area contributed by atoms with Crippen molar-refractivity contribution in [1.82, 2.24) is 0 Å². The van der Waals surface area contributed by atoms with E-state index >= 15 is 0 Å². The summed E-state index contributed by atoms with van der Waals surface area (Å²) in [4.78, 5) is 0. The summed E-state index contributed by atoms with van der Waals surface area (Å²) in [5.41, 5.74) is 2.26. The third-order valence-corrected chi connectivity index (χ3v) is 10.6. The van der Waals surface area contributed by atoms with Crippen LogP contribution in [-0.4, -0.2) is 0 Å². The third kappa shape index (κ3) is 3.59. The molecule has 0 amide bonds. The predicted octanol–water partition coefficient (Wildman–Crippen LogP) is 8.45. The highest BCUT2D eigenvalue weighted by molar-refractivity contribution is 7.85. The van der Waals surface area contributed by atoms with Gasteiger partial charge in [0.15, 0.2) is 7.14 Å². The second-order valence-corrected chi connectivity index (χ2v) is 12.4. The minimum atomic E-state index is -2.99. The van der Waals surface area contributed by atoms with Crippen LogP contribution in [0.15, 0.2) is 152 Å². The maximum atomic E-state index is 14.7. The van der Waals surface area contributed by atoms with E-state index < -0.39 is 7.14 Å². The van der Waals surface area contributed by atoms with Crippen LogP contribution in [0.1, 0.15) is 0 Å². The average molecular weight is 505 g/mol. The molecular weight excluding hydrogens is 479 g/mol. The molecule has 0 aliphatic heterocycles. The summed E-state index contributed by atoms with van der Waals surface area (Å²) in [6.07, 6.45) is 0. The van der Waals surface area contributed by atoms with Crippen molar-refractivity contribution in [3.05, 3.63) is 152 Å².